The standard InChI is InChI=1S/C36H43F6N9O15S2/c37-35(38,39)65-28-11-45-9-19(50-28)24(67-14-21(23(53)3-6-30(56)57)48-26(54)4-1-17(43)33(61)62)7-16(52)8-25(20-10-46-12-29(51-20)66-36(40,41)42)68-15-22(32(60)47-13-31(58)59)49-27(55)5-2-18(44)34(63)64/h9-12,17-18,21-22,24-25H,1-8,13-15,43-44H2,(H,47,60)(H,48,54)(H,49,55)(H,56,57)(H,58,59)(H,61,62)(H,63,64)/t17-,18+,21+,22+,24?,25?/m1/s1. The van der Waals surface area contributed by atoms with Crippen molar-refractivity contribution < 1.29 is 99.4 Å². The zero-order valence-electron chi connectivity index (χ0n) is 34.9. The molecular weight excluding hydrogens is 977 g/mol. The minimum Gasteiger partial charge on any atom is -0.481 e. The van der Waals surface area contributed by atoms with E-state index in [1.165, 1.54) is 0 Å². The van der Waals surface area contributed by atoms with Gasteiger partial charge in [-0.1, -0.05) is 0 Å². The summed E-state index contributed by atoms with van der Waals surface area (Å²) >= 11 is 1.19. The Morgan fingerprint density at radius 2 is 1.04 bits per heavy atom. The van der Waals surface area contributed by atoms with Crippen LogP contribution in [0.1, 0.15) is 73.3 Å². The fourth-order valence-corrected chi connectivity index (χ4v) is 7.76. The van der Waals surface area contributed by atoms with Crippen molar-refractivity contribution in [1.82, 2.24) is 35.9 Å². The Morgan fingerprint density at radius 3 is 1.44 bits per heavy atom. The Hall–Kier alpha value is -6.41. The number of carboxylic acid groups (broad SMARTS) is 4. The number of nitrogens with two attached hydrogens (primary N) is 2. The van der Waals surface area contributed by atoms with Crippen LogP contribution in [0, 0.1) is 0 Å². The number of nitrogens with one attached hydrogen (secondary N) is 3. The van der Waals surface area contributed by atoms with E-state index >= 15 is 0 Å². The molecular formula is C36H43F6N9O15S2. The van der Waals surface area contributed by atoms with E-state index in [4.69, 9.17) is 31.9 Å². The highest BCUT2D eigenvalue weighted by atomic mass is 32.2. The van der Waals surface area contributed by atoms with E-state index in [1.807, 2.05) is 5.32 Å². The summed E-state index contributed by atoms with van der Waals surface area (Å²) < 4.78 is 86.8. The molecule has 376 valence electrons. The van der Waals surface area contributed by atoms with Gasteiger partial charge in [0.05, 0.1) is 46.7 Å². The minimum atomic E-state index is -5.29. The lowest BCUT2D eigenvalue weighted by Crippen LogP contribution is -2.49. The Balaban J connectivity index is 2.59. The first kappa shape index (κ1) is 57.7. The molecule has 0 aliphatic carbocycles. The molecule has 3 amide bonds. The molecule has 0 aliphatic rings. The SMILES string of the molecule is N[C@H](CCC(=O)N[C@@H](CSC(CC(=O)CC(SC[C@H](NC(=O)CC[C@H](N)C(=O)O)C(=O)NCC(=O)O)c1cncc(OC(F)(F)F)n1)c1cncc(OC(F)(F)F)n1)C(=O)CCC(=O)O)C(=O)O. The number of halogens is 6. The van der Waals surface area contributed by atoms with Crippen molar-refractivity contribution in [3.8, 4) is 11.8 Å². The van der Waals surface area contributed by atoms with Gasteiger partial charge in [0.15, 0.2) is 5.78 Å². The number of alkyl halides is 6. The molecule has 0 spiro atoms. The van der Waals surface area contributed by atoms with Crippen molar-refractivity contribution in [2.24, 2.45) is 11.5 Å². The van der Waals surface area contributed by atoms with Gasteiger partial charge >= 0.3 is 36.6 Å². The van der Waals surface area contributed by atoms with E-state index < -0.39 is 193 Å². The Morgan fingerprint density at radius 1 is 0.618 bits per heavy atom. The van der Waals surface area contributed by atoms with Gasteiger partial charge in [-0.15, -0.1) is 49.9 Å². The van der Waals surface area contributed by atoms with Gasteiger partial charge < -0.3 is 57.3 Å². The van der Waals surface area contributed by atoms with Gasteiger partial charge in [0.25, 0.3) is 0 Å². The number of carbonyl (C=O) groups is 9. The summed E-state index contributed by atoms with van der Waals surface area (Å²) in [6.07, 6.45) is -12.5. The summed E-state index contributed by atoms with van der Waals surface area (Å²) in [5.41, 5.74) is 10.1. The number of ketones is 2. The Bertz CT molecular complexity index is 1980. The number of ether oxygens (including phenoxy) is 2. The Labute approximate surface area is 387 Å². The van der Waals surface area contributed by atoms with Crippen LogP contribution in [0.3, 0.4) is 0 Å². The molecule has 0 aromatic carbocycles. The third-order valence-electron chi connectivity index (χ3n) is 8.49. The van der Waals surface area contributed by atoms with Gasteiger partial charge in [-0.2, -0.15) is 0 Å². The number of nitrogens with zero attached hydrogens (tertiary/aromatic N) is 4. The number of hydrogen-bond acceptors (Lipinski definition) is 19. The second-order valence-corrected chi connectivity index (χ2v) is 16.4. The van der Waals surface area contributed by atoms with E-state index in [-0.39, 0.29) is 0 Å². The first-order chi connectivity index (χ1) is 31.6. The minimum absolute atomic E-state index is 0.398. The van der Waals surface area contributed by atoms with Crippen LogP contribution < -0.4 is 36.9 Å². The van der Waals surface area contributed by atoms with Crippen molar-refractivity contribution in [3.05, 3.63) is 36.2 Å². The molecule has 0 fully saturated rings. The molecule has 68 heavy (non-hydrogen) atoms. The molecule has 11 N–H and O–H groups in total. The van der Waals surface area contributed by atoms with E-state index in [0.29, 0.717) is 35.9 Å². The van der Waals surface area contributed by atoms with Crippen LogP contribution in [0.5, 0.6) is 11.8 Å². The maximum absolute atomic E-state index is 14.0. The summed E-state index contributed by atoms with van der Waals surface area (Å²) in [6.45, 7) is -0.963. The van der Waals surface area contributed by atoms with Gasteiger partial charge in [-0.25, -0.2) is 9.97 Å². The average molecular weight is 1020 g/mol. The highest BCUT2D eigenvalue weighted by Gasteiger charge is 2.35. The van der Waals surface area contributed by atoms with Crippen molar-refractivity contribution in [3.63, 3.8) is 0 Å². The molecule has 6 atom stereocenters. The maximum Gasteiger partial charge on any atom is 0.574 e. The number of rotatable bonds is 31. The third kappa shape index (κ3) is 23.4. The second kappa shape index (κ2) is 27.4. The first-order valence-electron chi connectivity index (χ1n) is 19.3. The number of aliphatic carboxylic acids is 4. The fourth-order valence-electron chi connectivity index (χ4n) is 5.23. The lowest BCUT2D eigenvalue weighted by atomic mass is 10.1. The van der Waals surface area contributed by atoms with Crippen molar-refractivity contribution in [2.75, 3.05) is 18.1 Å². The normalized spacial score (nSPS) is 14.2. The number of carbonyl (C=O) groups excluding carboxylic acids is 5. The number of thioether (sulfide) groups is 2. The van der Waals surface area contributed by atoms with E-state index in [0.717, 1.165) is 12.4 Å². The molecule has 2 rings (SSSR count). The van der Waals surface area contributed by atoms with Gasteiger partial charge in [0.2, 0.25) is 29.5 Å². The molecule has 32 heteroatoms. The zero-order valence-corrected chi connectivity index (χ0v) is 36.5. The van der Waals surface area contributed by atoms with Gasteiger partial charge in [-0.3, -0.25) is 53.1 Å². The van der Waals surface area contributed by atoms with Crippen molar-refractivity contribution in [2.45, 2.75) is 98.8 Å². The maximum atomic E-state index is 14.0. The summed E-state index contributed by atoms with van der Waals surface area (Å²) in [5, 5.41) is 40.1. The molecule has 24 nitrogen and oxygen atoms in total. The lowest BCUT2D eigenvalue weighted by molar-refractivity contribution is -0.277. The smallest absolute Gasteiger partial charge is 0.481 e. The quantitative estimate of drug-likeness (QED) is 0.0468. The largest absolute Gasteiger partial charge is 0.574 e. The molecule has 0 aliphatic heterocycles. The molecule has 2 unspecified atom stereocenters. The molecule has 0 radical (unpaired) electrons. The average Bonchev–Trinajstić information content (AvgIpc) is 3.23. The highest BCUT2D eigenvalue weighted by molar-refractivity contribution is 7.99. The summed E-state index contributed by atoms with van der Waals surface area (Å²) in [5.74, 6) is -14.0. The molecule has 2 heterocycles. The number of amides is 3. The molecule has 0 saturated carbocycles. The number of aromatic nitrogens is 4. The Kier molecular flexibility index (Phi) is 23.3. The van der Waals surface area contributed by atoms with Gasteiger partial charge in [0, 0.05) is 56.0 Å². The van der Waals surface area contributed by atoms with Crippen LogP contribution in [-0.4, -0.2) is 148 Å². The van der Waals surface area contributed by atoms with E-state index in [1.54, 1.807) is 0 Å². The molecule has 0 bridgehead atoms. The lowest BCUT2D eigenvalue weighted by Gasteiger charge is -2.23. The van der Waals surface area contributed by atoms with E-state index in [9.17, 15) is 69.5 Å². The van der Waals surface area contributed by atoms with Crippen LogP contribution in [0.25, 0.3) is 0 Å². The summed E-state index contributed by atoms with van der Waals surface area (Å²) in [4.78, 5) is 125. The number of carboxylic acids is 4. The molecule has 0 saturated heterocycles. The van der Waals surface area contributed by atoms with Gasteiger partial charge in [-0.05, 0) is 12.8 Å². The predicted octanol–water partition coefficient (Wildman–Crippen LogP) is 0.650. The zero-order chi connectivity index (χ0) is 51.4. The first-order valence-corrected chi connectivity index (χ1v) is 21.4. The van der Waals surface area contributed by atoms with Crippen LogP contribution in [-0.2, 0) is 43.2 Å². The predicted molar refractivity (Wildman–Crippen MR) is 218 cm³/mol. The van der Waals surface area contributed by atoms with Crippen LogP contribution in [0.15, 0.2) is 24.8 Å². The van der Waals surface area contributed by atoms with Crippen LogP contribution >= 0.6 is 23.5 Å². The highest BCUT2D eigenvalue weighted by Crippen LogP contribution is 2.38. The number of hydrogen-bond donors (Lipinski definition) is 9. The van der Waals surface area contributed by atoms with Crippen LogP contribution in [0.2, 0.25) is 0 Å². The monoisotopic (exact) mass is 1020 g/mol. The molecule has 2 aromatic rings. The third-order valence-corrected chi connectivity index (χ3v) is 11.2. The van der Waals surface area contributed by atoms with Crippen molar-refractivity contribution >= 4 is 76.7 Å². The van der Waals surface area contributed by atoms with Gasteiger partial charge in [0.1, 0.15) is 30.5 Å². The van der Waals surface area contributed by atoms with Crippen molar-refractivity contribution in [1.29, 1.82) is 0 Å². The summed E-state index contributed by atoms with van der Waals surface area (Å²) in [6, 6.07) is -6.23. The summed E-state index contributed by atoms with van der Waals surface area (Å²) in [7, 11) is 0. The van der Waals surface area contributed by atoms with Crippen LogP contribution in [0.4, 0.5) is 26.3 Å². The second-order valence-electron chi connectivity index (χ2n) is 13.9. The molecule has 2 aromatic heterocycles. The van der Waals surface area contributed by atoms with E-state index in [2.05, 4.69) is 40.0 Å². The topological polar surface area (TPSA) is 393 Å². The fraction of sp³-hybridized carbons (Fsp3) is 0.528. The number of Topliss-reactive ketones (excluding diaryl/α,β-unsaturated/α-hetero) is 2.